The molecule has 2 aromatic heterocycles. The first-order valence-corrected chi connectivity index (χ1v) is 8.39. The van der Waals surface area contributed by atoms with Crippen LogP contribution < -0.4 is 0 Å². The van der Waals surface area contributed by atoms with Crippen molar-refractivity contribution in [1.82, 2.24) is 9.88 Å². The van der Waals surface area contributed by atoms with Gasteiger partial charge in [-0.2, -0.15) is 0 Å². The predicted molar refractivity (Wildman–Crippen MR) is 80.9 cm³/mol. The summed E-state index contributed by atoms with van der Waals surface area (Å²) < 4.78 is 0. The molecule has 1 unspecified atom stereocenters. The smallest absolute Gasteiger partial charge is 0.228 e. The van der Waals surface area contributed by atoms with Gasteiger partial charge in [-0.3, -0.25) is 4.79 Å². The minimum absolute atomic E-state index is 0.115. The molecule has 1 aliphatic rings. The van der Waals surface area contributed by atoms with Gasteiger partial charge in [-0.1, -0.05) is 6.07 Å². The van der Waals surface area contributed by atoms with Crippen molar-refractivity contribution in [2.24, 2.45) is 5.92 Å². The van der Waals surface area contributed by atoms with Gasteiger partial charge in [0.25, 0.3) is 0 Å². The van der Waals surface area contributed by atoms with Crippen LogP contribution in [-0.2, 0) is 11.2 Å². The van der Waals surface area contributed by atoms with E-state index in [2.05, 4.69) is 4.98 Å². The van der Waals surface area contributed by atoms with Crippen LogP contribution in [0.5, 0.6) is 0 Å². The minimum Gasteiger partial charge on any atom is -0.396 e. The molecule has 6 heteroatoms. The van der Waals surface area contributed by atoms with Crippen molar-refractivity contribution in [2.45, 2.75) is 12.8 Å². The first kappa shape index (κ1) is 13.7. The van der Waals surface area contributed by atoms with Crippen LogP contribution in [0.3, 0.4) is 0 Å². The molecule has 106 valence electrons. The van der Waals surface area contributed by atoms with Crippen LogP contribution in [0.2, 0.25) is 0 Å². The van der Waals surface area contributed by atoms with Crippen molar-refractivity contribution in [3.63, 3.8) is 0 Å². The number of thiazole rings is 1. The molecule has 0 aromatic carbocycles. The van der Waals surface area contributed by atoms with Crippen LogP contribution in [0.1, 0.15) is 12.1 Å². The molecule has 3 heterocycles. The van der Waals surface area contributed by atoms with Gasteiger partial charge in [0.15, 0.2) is 0 Å². The highest BCUT2D eigenvalue weighted by Gasteiger charge is 2.25. The maximum absolute atomic E-state index is 12.2. The lowest BCUT2D eigenvalue weighted by atomic mass is 10.1. The van der Waals surface area contributed by atoms with Gasteiger partial charge in [0.2, 0.25) is 5.91 Å². The van der Waals surface area contributed by atoms with E-state index in [-0.39, 0.29) is 18.4 Å². The van der Waals surface area contributed by atoms with Crippen LogP contribution in [-0.4, -0.2) is 40.6 Å². The molecular weight excluding hydrogens is 292 g/mol. The third-order valence-corrected chi connectivity index (χ3v) is 5.44. The normalized spacial score (nSPS) is 18.6. The van der Waals surface area contributed by atoms with E-state index in [0.717, 1.165) is 28.5 Å². The van der Waals surface area contributed by atoms with Crippen LogP contribution in [0, 0.1) is 5.92 Å². The second kappa shape index (κ2) is 6.03. The molecule has 1 fully saturated rings. The van der Waals surface area contributed by atoms with Crippen molar-refractivity contribution >= 4 is 28.6 Å². The SMILES string of the molecule is O=C(Cc1csc(-c2cccs2)n1)N1CCC(CO)C1. The number of hydrogen-bond donors (Lipinski definition) is 1. The van der Waals surface area contributed by atoms with E-state index < -0.39 is 0 Å². The zero-order valence-electron chi connectivity index (χ0n) is 11.0. The number of rotatable bonds is 4. The summed E-state index contributed by atoms with van der Waals surface area (Å²) in [4.78, 5) is 19.7. The van der Waals surface area contributed by atoms with E-state index in [4.69, 9.17) is 5.11 Å². The topological polar surface area (TPSA) is 53.4 Å². The number of nitrogens with zero attached hydrogens (tertiary/aromatic N) is 2. The van der Waals surface area contributed by atoms with Crippen LogP contribution >= 0.6 is 22.7 Å². The summed E-state index contributed by atoms with van der Waals surface area (Å²) in [7, 11) is 0. The highest BCUT2D eigenvalue weighted by atomic mass is 32.1. The van der Waals surface area contributed by atoms with Crippen LogP contribution in [0.25, 0.3) is 9.88 Å². The Morgan fingerprint density at radius 1 is 1.50 bits per heavy atom. The lowest BCUT2D eigenvalue weighted by Gasteiger charge is -2.15. The predicted octanol–water partition coefficient (Wildman–Crippen LogP) is 2.25. The van der Waals surface area contributed by atoms with Crippen molar-refractivity contribution < 1.29 is 9.90 Å². The van der Waals surface area contributed by atoms with E-state index in [1.807, 2.05) is 27.8 Å². The summed E-state index contributed by atoms with van der Waals surface area (Å²) in [6.07, 6.45) is 1.26. The van der Waals surface area contributed by atoms with Crippen molar-refractivity contribution in [3.8, 4) is 9.88 Å². The highest BCUT2D eigenvalue weighted by Crippen LogP contribution is 2.28. The lowest BCUT2D eigenvalue weighted by Crippen LogP contribution is -2.30. The fourth-order valence-electron chi connectivity index (χ4n) is 2.38. The Kier molecular flexibility index (Phi) is 4.14. The number of carbonyl (C=O) groups excluding carboxylic acids is 1. The van der Waals surface area contributed by atoms with E-state index in [0.29, 0.717) is 13.0 Å². The summed E-state index contributed by atoms with van der Waals surface area (Å²) >= 11 is 3.25. The third kappa shape index (κ3) is 2.92. The van der Waals surface area contributed by atoms with Crippen LogP contribution in [0.4, 0.5) is 0 Å². The Hall–Kier alpha value is -1.24. The first-order chi connectivity index (χ1) is 9.76. The Labute approximate surface area is 125 Å². The average molecular weight is 308 g/mol. The Morgan fingerprint density at radius 3 is 3.10 bits per heavy atom. The van der Waals surface area contributed by atoms with E-state index in [9.17, 15) is 4.79 Å². The molecule has 2 aromatic rings. The number of aromatic nitrogens is 1. The Bertz CT molecular complexity index is 580. The van der Waals surface area contributed by atoms with Gasteiger partial charge < -0.3 is 10.0 Å². The van der Waals surface area contributed by atoms with Crippen molar-refractivity contribution in [2.75, 3.05) is 19.7 Å². The molecule has 20 heavy (non-hydrogen) atoms. The maximum Gasteiger partial charge on any atom is 0.228 e. The zero-order chi connectivity index (χ0) is 13.9. The molecule has 0 bridgehead atoms. The fraction of sp³-hybridized carbons (Fsp3) is 0.429. The summed E-state index contributed by atoms with van der Waals surface area (Å²) in [5.74, 6) is 0.361. The molecular formula is C14H16N2O2S2. The molecule has 4 nitrogen and oxygen atoms in total. The molecule has 1 N–H and O–H groups in total. The third-order valence-electron chi connectivity index (χ3n) is 3.51. The van der Waals surface area contributed by atoms with Gasteiger partial charge >= 0.3 is 0 Å². The summed E-state index contributed by atoms with van der Waals surface area (Å²) in [5.41, 5.74) is 0.843. The summed E-state index contributed by atoms with van der Waals surface area (Å²) in [6, 6.07) is 4.05. The van der Waals surface area contributed by atoms with Gasteiger partial charge in [0.1, 0.15) is 5.01 Å². The number of amides is 1. The number of carbonyl (C=O) groups is 1. The highest BCUT2D eigenvalue weighted by molar-refractivity contribution is 7.20. The summed E-state index contributed by atoms with van der Waals surface area (Å²) in [6.45, 7) is 1.60. The van der Waals surface area contributed by atoms with Crippen molar-refractivity contribution in [1.29, 1.82) is 0 Å². The Morgan fingerprint density at radius 2 is 2.40 bits per heavy atom. The molecule has 0 aliphatic carbocycles. The molecule has 3 rings (SSSR count). The quantitative estimate of drug-likeness (QED) is 0.942. The zero-order valence-corrected chi connectivity index (χ0v) is 12.6. The largest absolute Gasteiger partial charge is 0.396 e. The van der Waals surface area contributed by atoms with Gasteiger partial charge in [-0.15, -0.1) is 22.7 Å². The number of likely N-dealkylation sites (tertiary alicyclic amines) is 1. The number of aliphatic hydroxyl groups excluding tert-OH is 1. The number of aliphatic hydroxyl groups is 1. The molecule has 0 saturated carbocycles. The van der Waals surface area contributed by atoms with Gasteiger partial charge in [-0.25, -0.2) is 4.98 Å². The molecule has 0 radical (unpaired) electrons. The van der Waals surface area contributed by atoms with Crippen molar-refractivity contribution in [3.05, 3.63) is 28.6 Å². The van der Waals surface area contributed by atoms with Crippen LogP contribution in [0.15, 0.2) is 22.9 Å². The standard InChI is InChI=1S/C14H16N2O2S2/c17-8-10-3-4-16(7-10)13(18)6-11-9-20-14(15-11)12-2-1-5-19-12/h1-2,5,9-10,17H,3-4,6-8H2. The first-order valence-electron chi connectivity index (χ1n) is 6.63. The number of hydrogen-bond acceptors (Lipinski definition) is 5. The van der Waals surface area contributed by atoms with Gasteiger partial charge in [0.05, 0.1) is 17.0 Å². The number of thiophene rings is 1. The second-order valence-electron chi connectivity index (χ2n) is 4.98. The average Bonchev–Trinajstić information content (AvgIpc) is 3.19. The van der Waals surface area contributed by atoms with Gasteiger partial charge in [-0.05, 0) is 17.9 Å². The molecule has 1 aliphatic heterocycles. The molecule has 0 spiro atoms. The minimum atomic E-state index is 0.115. The monoisotopic (exact) mass is 308 g/mol. The Balaban J connectivity index is 1.62. The summed E-state index contributed by atoms with van der Waals surface area (Å²) in [5, 5.41) is 14.1. The van der Waals surface area contributed by atoms with Gasteiger partial charge in [0, 0.05) is 31.0 Å². The molecule has 1 saturated heterocycles. The molecule has 1 atom stereocenters. The van der Waals surface area contributed by atoms with E-state index >= 15 is 0 Å². The lowest BCUT2D eigenvalue weighted by molar-refractivity contribution is -0.129. The second-order valence-corrected chi connectivity index (χ2v) is 6.78. The van der Waals surface area contributed by atoms with E-state index in [1.54, 1.807) is 22.7 Å². The van der Waals surface area contributed by atoms with E-state index in [1.165, 1.54) is 0 Å². The fourth-order valence-corrected chi connectivity index (χ4v) is 4.01. The maximum atomic E-state index is 12.2. The molecule has 1 amide bonds.